The van der Waals surface area contributed by atoms with Gasteiger partial charge in [-0.15, -0.1) is 0 Å². The van der Waals surface area contributed by atoms with Crippen LogP contribution in [-0.4, -0.2) is 64.8 Å². The van der Waals surface area contributed by atoms with Crippen LogP contribution in [-0.2, 0) is 14.4 Å². The molecular formula is C19H24N4O4. The second-order valence-corrected chi connectivity index (χ2v) is 6.89. The minimum atomic E-state index is -0.788. The molecule has 0 radical (unpaired) electrons. The molecular weight excluding hydrogens is 348 g/mol. The molecule has 0 aromatic heterocycles. The molecule has 27 heavy (non-hydrogen) atoms. The lowest BCUT2D eigenvalue weighted by Gasteiger charge is -2.33. The Labute approximate surface area is 158 Å². The van der Waals surface area contributed by atoms with Crippen molar-refractivity contribution in [3.05, 3.63) is 30.3 Å². The lowest BCUT2D eigenvalue weighted by molar-refractivity contribution is -0.144. The van der Waals surface area contributed by atoms with E-state index >= 15 is 0 Å². The number of nitrogens with zero attached hydrogens (tertiary/aromatic N) is 3. The van der Waals surface area contributed by atoms with Gasteiger partial charge < -0.3 is 5.32 Å². The third-order valence-electron chi connectivity index (χ3n) is 4.84. The number of amides is 5. The molecule has 0 aliphatic carbocycles. The number of hydrogen-bond donors (Lipinski definition) is 1. The van der Waals surface area contributed by atoms with E-state index in [0.29, 0.717) is 19.5 Å². The van der Waals surface area contributed by atoms with Crippen molar-refractivity contribution in [2.24, 2.45) is 5.92 Å². The average molecular weight is 372 g/mol. The van der Waals surface area contributed by atoms with Crippen LogP contribution in [0.3, 0.4) is 0 Å². The van der Waals surface area contributed by atoms with Crippen LogP contribution in [0.1, 0.15) is 26.2 Å². The highest BCUT2D eigenvalue weighted by Crippen LogP contribution is 2.21. The number of urea groups is 1. The molecule has 2 saturated heterocycles. The van der Waals surface area contributed by atoms with Crippen molar-refractivity contribution in [3.63, 3.8) is 0 Å². The lowest BCUT2D eigenvalue weighted by Crippen LogP contribution is -2.48. The van der Waals surface area contributed by atoms with Crippen LogP contribution in [0.4, 0.5) is 10.5 Å². The number of imide groups is 2. The quantitative estimate of drug-likeness (QED) is 0.604. The molecule has 1 N–H and O–H groups in total. The summed E-state index contributed by atoms with van der Waals surface area (Å²) in [5.74, 6) is -1.86. The fourth-order valence-electron chi connectivity index (χ4n) is 3.46. The summed E-state index contributed by atoms with van der Waals surface area (Å²) in [6.45, 7) is 3.24. The van der Waals surface area contributed by atoms with Gasteiger partial charge in [0.25, 0.3) is 0 Å². The second-order valence-electron chi connectivity index (χ2n) is 6.89. The summed E-state index contributed by atoms with van der Waals surface area (Å²) in [5.41, 5.74) is 0.741. The smallest absolute Gasteiger partial charge is 0.326 e. The van der Waals surface area contributed by atoms with Gasteiger partial charge in [-0.3, -0.25) is 24.2 Å². The molecule has 1 atom stereocenters. The highest BCUT2D eigenvalue weighted by molar-refractivity contribution is 6.44. The van der Waals surface area contributed by atoms with Gasteiger partial charge in [-0.25, -0.2) is 9.69 Å². The molecule has 0 spiro atoms. The number of rotatable bonds is 6. The predicted octanol–water partition coefficient (Wildman–Crippen LogP) is 1.50. The SMILES string of the molecule is CCCN1C(=O)C(=O)N(CN2CCCC(C(=O)Nc3ccccc3)C2)C1=O. The molecule has 8 heteroatoms. The van der Waals surface area contributed by atoms with E-state index in [-0.39, 0.29) is 25.0 Å². The lowest BCUT2D eigenvalue weighted by atomic mass is 9.97. The second kappa shape index (κ2) is 8.30. The van der Waals surface area contributed by atoms with E-state index in [1.807, 2.05) is 42.2 Å². The predicted molar refractivity (Wildman–Crippen MR) is 98.5 cm³/mol. The molecule has 1 aromatic rings. The van der Waals surface area contributed by atoms with Crippen molar-refractivity contribution in [2.75, 3.05) is 31.6 Å². The van der Waals surface area contributed by atoms with E-state index in [1.54, 1.807) is 0 Å². The zero-order valence-electron chi connectivity index (χ0n) is 15.4. The van der Waals surface area contributed by atoms with Gasteiger partial charge in [0.2, 0.25) is 5.91 Å². The number of hydrogen-bond acceptors (Lipinski definition) is 5. The summed E-state index contributed by atoms with van der Waals surface area (Å²) < 4.78 is 0. The van der Waals surface area contributed by atoms with Crippen LogP contribution in [0.25, 0.3) is 0 Å². The van der Waals surface area contributed by atoms with Gasteiger partial charge in [0.15, 0.2) is 0 Å². The van der Waals surface area contributed by atoms with Gasteiger partial charge in [-0.2, -0.15) is 0 Å². The third-order valence-corrected chi connectivity index (χ3v) is 4.84. The number of nitrogens with one attached hydrogen (secondary N) is 1. The highest BCUT2D eigenvalue weighted by atomic mass is 16.2. The topological polar surface area (TPSA) is 90.0 Å². The van der Waals surface area contributed by atoms with E-state index in [9.17, 15) is 19.2 Å². The monoisotopic (exact) mass is 372 g/mol. The summed E-state index contributed by atoms with van der Waals surface area (Å²) in [4.78, 5) is 52.8. The van der Waals surface area contributed by atoms with Crippen LogP contribution < -0.4 is 5.32 Å². The Hall–Kier alpha value is -2.74. The van der Waals surface area contributed by atoms with Crippen LogP contribution in [0.2, 0.25) is 0 Å². The van der Waals surface area contributed by atoms with Crippen LogP contribution in [0.5, 0.6) is 0 Å². The average Bonchev–Trinajstić information content (AvgIpc) is 2.87. The zero-order chi connectivity index (χ0) is 19.4. The maximum absolute atomic E-state index is 12.5. The molecule has 5 amide bonds. The highest BCUT2D eigenvalue weighted by Gasteiger charge is 2.44. The fourth-order valence-corrected chi connectivity index (χ4v) is 3.46. The number of para-hydroxylation sites is 1. The van der Waals surface area contributed by atoms with Gasteiger partial charge in [0.05, 0.1) is 12.6 Å². The first kappa shape index (κ1) is 19.0. The van der Waals surface area contributed by atoms with Crippen molar-refractivity contribution >= 4 is 29.4 Å². The molecule has 1 aromatic carbocycles. The third kappa shape index (κ3) is 4.16. The summed E-state index contributed by atoms with van der Waals surface area (Å²) in [6.07, 6.45) is 2.14. The number of benzene rings is 1. The molecule has 0 bridgehead atoms. The van der Waals surface area contributed by atoms with E-state index in [2.05, 4.69) is 5.32 Å². The van der Waals surface area contributed by atoms with Gasteiger partial charge >= 0.3 is 17.8 Å². The molecule has 0 saturated carbocycles. The molecule has 2 aliphatic rings. The minimum absolute atomic E-state index is 0.0404. The summed E-state index contributed by atoms with van der Waals surface area (Å²) in [5, 5.41) is 2.90. The Morgan fingerprint density at radius 3 is 2.52 bits per heavy atom. The number of carbonyl (C=O) groups excluding carboxylic acids is 4. The molecule has 8 nitrogen and oxygen atoms in total. The Morgan fingerprint density at radius 2 is 1.81 bits per heavy atom. The minimum Gasteiger partial charge on any atom is -0.326 e. The molecule has 144 valence electrons. The molecule has 2 fully saturated rings. The first-order valence-electron chi connectivity index (χ1n) is 9.27. The van der Waals surface area contributed by atoms with Crippen LogP contribution >= 0.6 is 0 Å². The number of carbonyl (C=O) groups is 4. The van der Waals surface area contributed by atoms with Crippen molar-refractivity contribution in [3.8, 4) is 0 Å². The molecule has 2 aliphatic heterocycles. The summed E-state index contributed by atoms with van der Waals surface area (Å²) in [7, 11) is 0. The number of likely N-dealkylation sites (tertiary alicyclic amines) is 1. The Balaban J connectivity index is 1.60. The number of anilines is 1. The van der Waals surface area contributed by atoms with Gasteiger partial charge in [-0.1, -0.05) is 25.1 Å². The van der Waals surface area contributed by atoms with Crippen molar-refractivity contribution in [2.45, 2.75) is 26.2 Å². The van der Waals surface area contributed by atoms with E-state index in [4.69, 9.17) is 0 Å². The Kier molecular flexibility index (Phi) is 5.85. The van der Waals surface area contributed by atoms with Crippen LogP contribution in [0.15, 0.2) is 30.3 Å². The van der Waals surface area contributed by atoms with Crippen molar-refractivity contribution in [1.82, 2.24) is 14.7 Å². The zero-order valence-corrected chi connectivity index (χ0v) is 15.4. The Morgan fingerprint density at radius 1 is 1.11 bits per heavy atom. The first-order valence-corrected chi connectivity index (χ1v) is 9.27. The van der Waals surface area contributed by atoms with Gasteiger partial charge in [-0.05, 0) is 37.9 Å². The van der Waals surface area contributed by atoms with Gasteiger partial charge in [0.1, 0.15) is 0 Å². The van der Waals surface area contributed by atoms with E-state index in [0.717, 1.165) is 28.3 Å². The number of piperidine rings is 1. The van der Waals surface area contributed by atoms with E-state index < -0.39 is 17.8 Å². The summed E-state index contributed by atoms with van der Waals surface area (Å²) >= 11 is 0. The van der Waals surface area contributed by atoms with Crippen LogP contribution in [0, 0.1) is 5.92 Å². The molecule has 2 heterocycles. The molecule has 3 rings (SSSR count). The first-order chi connectivity index (χ1) is 13.0. The van der Waals surface area contributed by atoms with Crippen molar-refractivity contribution < 1.29 is 19.2 Å². The maximum atomic E-state index is 12.5. The molecule has 1 unspecified atom stereocenters. The van der Waals surface area contributed by atoms with Gasteiger partial charge in [0, 0.05) is 18.8 Å². The Bertz CT molecular complexity index is 736. The normalized spacial score (nSPS) is 21.1. The van der Waals surface area contributed by atoms with Crippen molar-refractivity contribution in [1.29, 1.82) is 0 Å². The largest absolute Gasteiger partial charge is 0.335 e. The summed E-state index contributed by atoms with van der Waals surface area (Å²) in [6, 6.07) is 8.68. The fraction of sp³-hybridized carbons (Fsp3) is 0.474. The standard InChI is InChI=1S/C19H24N4O4/c1-2-10-22-17(25)18(26)23(19(22)27)13-21-11-6-7-14(12-21)16(24)20-15-8-4-3-5-9-15/h3-5,8-9,14H,2,6-7,10-13H2,1H3,(H,20,24). The van der Waals surface area contributed by atoms with E-state index in [1.165, 1.54) is 0 Å². The maximum Gasteiger partial charge on any atom is 0.335 e.